The van der Waals surface area contributed by atoms with Crippen LogP contribution in [0.25, 0.3) is 10.8 Å². The molecule has 3 rings (SSSR count). The SMILES string of the molecule is COc1ccc(Sc2cncc3ccccc23)cc1. The third kappa shape index (κ3) is 2.56. The van der Waals surface area contributed by atoms with Crippen LogP contribution in [0.15, 0.2) is 70.7 Å². The zero-order valence-electron chi connectivity index (χ0n) is 10.5. The number of nitrogens with zero attached hydrogens (tertiary/aromatic N) is 1. The minimum Gasteiger partial charge on any atom is -0.497 e. The van der Waals surface area contributed by atoms with E-state index >= 15 is 0 Å². The van der Waals surface area contributed by atoms with Crippen molar-refractivity contribution in [1.82, 2.24) is 4.98 Å². The highest BCUT2D eigenvalue weighted by atomic mass is 32.2. The van der Waals surface area contributed by atoms with E-state index in [0.29, 0.717) is 0 Å². The van der Waals surface area contributed by atoms with Gasteiger partial charge in [-0.15, -0.1) is 0 Å². The van der Waals surface area contributed by atoms with Crippen LogP contribution < -0.4 is 4.74 Å². The number of rotatable bonds is 3. The van der Waals surface area contributed by atoms with Crippen LogP contribution in [0.5, 0.6) is 5.75 Å². The molecule has 0 saturated heterocycles. The van der Waals surface area contributed by atoms with Gasteiger partial charge in [0, 0.05) is 27.6 Å². The molecule has 0 unspecified atom stereocenters. The summed E-state index contributed by atoms with van der Waals surface area (Å²) >= 11 is 1.72. The topological polar surface area (TPSA) is 22.1 Å². The Bertz CT molecular complexity index is 689. The van der Waals surface area contributed by atoms with E-state index in [-0.39, 0.29) is 0 Å². The van der Waals surface area contributed by atoms with Crippen molar-refractivity contribution in [3.05, 3.63) is 60.9 Å². The summed E-state index contributed by atoms with van der Waals surface area (Å²) in [7, 11) is 1.68. The van der Waals surface area contributed by atoms with E-state index in [0.717, 1.165) is 5.75 Å². The van der Waals surface area contributed by atoms with Gasteiger partial charge in [-0.1, -0.05) is 36.0 Å². The molecule has 2 aromatic carbocycles. The second kappa shape index (κ2) is 5.33. The molecule has 2 nitrogen and oxygen atoms in total. The molecule has 1 aromatic heterocycles. The summed E-state index contributed by atoms with van der Waals surface area (Å²) in [6.45, 7) is 0. The number of hydrogen-bond donors (Lipinski definition) is 0. The first-order valence-corrected chi connectivity index (χ1v) is 6.83. The number of aromatic nitrogens is 1. The zero-order valence-corrected chi connectivity index (χ0v) is 11.4. The predicted molar refractivity (Wildman–Crippen MR) is 78.9 cm³/mol. The monoisotopic (exact) mass is 267 g/mol. The van der Waals surface area contributed by atoms with Gasteiger partial charge in [0.25, 0.3) is 0 Å². The van der Waals surface area contributed by atoms with Crippen LogP contribution in [0, 0.1) is 0 Å². The van der Waals surface area contributed by atoms with Gasteiger partial charge in [0.1, 0.15) is 5.75 Å². The smallest absolute Gasteiger partial charge is 0.118 e. The van der Waals surface area contributed by atoms with Gasteiger partial charge in [-0.3, -0.25) is 4.98 Å². The molecule has 0 atom stereocenters. The maximum atomic E-state index is 5.17. The third-order valence-electron chi connectivity index (χ3n) is 2.92. The molecule has 0 saturated carbocycles. The largest absolute Gasteiger partial charge is 0.497 e. The number of benzene rings is 2. The summed E-state index contributed by atoms with van der Waals surface area (Å²) in [5.41, 5.74) is 0. The van der Waals surface area contributed by atoms with Crippen LogP contribution in [0.3, 0.4) is 0 Å². The molecule has 0 radical (unpaired) electrons. The number of pyridine rings is 1. The van der Waals surface area contributed by atoms with Gasteiger partial charge >= 0.3 is 0 Å². The predicted octanol–water partition coefficient (Wildman–Crippen LogP) is 4.39. The zero-order chi connectivity index (χ0) is 13.1. The molecule has 0 aliphatic carbocycles. The van der Waals surface area contributed by atoms with Crippen molar-refractivity contribution in [2.45, 2.75) is 9.79 Å². The van der Waals surface area contributed by atoms with Crippen LogP contribution in [0.4, 0.5) is 0 Å². The normalized spacial score (nSPS) is 10.6. The van der Waals surface area contributed by atoms with E-state index in [9.17, 15) is 0 Å². The van der Waals surface area contributed by atoms with Gasteiger partial charge in [-0.05, 0) is 29.7 Å². The summed E-state index contributed by atoms with van der Waals surface area (Å²) in [4.78, 5) is 6.65. The molecule has 1 heterocycles. The highest BCUT2D eigenvalue weighted by molar-refractivity contribution is 7.99. The molecule has 0 amide bonds. The number of ether oxygens (including phenoxy) is 1. The van der Waals surface area contributed by atoms with Crippen molar-refractivity contribution in [2.75, 3.05) is 7.11 Å². The maximum Gasteiger partial charge on any atom is 0.118 e. The van der Waals surface area contributed by atoms with Crippen LogP contribution in [0.1, 0.15) is 0 Å². The molecule has 3 heteroatoms. The van der Waals surface area contributed by atoms with E-state index in [4.69, 9.17) is 4.74 Å². The van der Waals surface area contributed by atoms with E-state index in [2.05, 4.69) is 35.3 Å². The van der Waals surface area contributed by atoms with Crippen molar-refractivity contribution in [3.8, 4) is 5.75 Å². The van der Waals surface area contributed by atoms with Gasteiger partial charge in [0.15, 0.2) is 0 Å². The van der Waals surface area contributed by atoms with Gasteiger partial charge in [-0.2, -0.15) is 0 Å². The fourth-order valence-electron chi connectivity index (χ4n) is 1.94. The Balaban J connectivity index is 1.96. The molecule has 3 aromatic rings. The van der Waals surface area contributed by atoms with Gasteiger partial charge in [0.2, 0.25) is 0 Å². The molecular weight excluding hydrogens is 254 g/mol. The summed E-state index contributed by atoms with van der Waals surface area (Å²) in [6.07, 6.45) is 3.81. The quantitative estimate of drug-likeness (QED) is 0.702. The molecule has 0 N–H and O–H groups in total. The van der Waals surface area contributed by atoms with Crippen LogP contribution in [-0.4, -0.2) is 12.1 Å². The highest BCUT2D eigenvalue weighted by Crippen LogP contribution is 2.33. The Labute approximate surface area is 116 Å². The lowest BCUT2D eigenvalue weighted by atomic mass is 10.2. The van der Waals surface area contributed by atoms with E-state index in [1.54, 1.807) is 18.9 Å². The van der Waals surface area contributed by atoms with Crippen molar-refractivity contribution in [2.24, 2.45) is 0 Å². The van der Waals surface area contributed by atoms with Crippen molar-refractivity contribution in [3.63, 3.8) is 0 Å². The molecule has 19 heavy (non-hydrogen) atoms. The molecule has 0 aliphatic rings. The Kier molecular flexibility index (Phi) is 3.38. The molecular formula is C16H13NOS. The molecule has 0 bridgehead atoms. The molecule has 0 spiro atoms. The number of fused-ring (bicyclic) bond motifs is 1. The fourth-order valence-corrected chi connectivity index (χ4v) is 2.88. The van der Waals surface area contributed by atoms with Gasteiger partial charge in [-0.25, -0.2) is 0 Å². The fraction of sp³-hybridized carbons (Fsp3) is 0.0625. The molecule has 94 valence electrons. The van der Waals surface area contributed by atoms with E-state index in [1.165, 1.54) is 20.6 Å². The van der Waals surface area contributed by atoms with Gasteiger partial charge in [0.05, 0.1) is 7.11 Å². The second-order valence-electron chi connectivity index (χ2n) is 4.14. The lowest BCUT2D eigenvalue weighted by Crippen LogP contribution is -1.83. The van der Waals surface area contributed by atoms with Crippen molar-refractivity contribution in [1.29, 1.82) is 0 Å². The lowest BCUT2D eigenvalue weighted by Gasteiger charge is -2.06. The van der Waals surface area contributed by atoms with Crippen molar-refractivity contribution < 1.29 is 4.74 Å². The number of hydrogen-bond acceptors (Lipinski definition) is 3. The molecule has 0 fully saturated rings. The first-order valence-electron chi connectivity index (χ1n) is 6.01. The standard InChI is InChI=1S/C16H13NOS/c1-18-13-6-8-14(9-7-13)19-16-11-17-10-12-4-2-3-5-15(12)16/h2-11H,1H3. The highest BCUT2D eigenvalue weighted by Gasteiger charge is 2.03. The Hall–Kier alpha value is -2.00. The van der Waals surface area contributed by atoms with Crippen LogP contribution >= 0.6 is 11.8 Å². The summed E-state index contributed by atoms with van der Waals surface area (Å²) in [5, 5.41) is 2.40. The minimum absolute atomic E-state index is 0.875. The van der Waals surface area contributed by atoms with Crippen molar-refractivity contribution >= 4 is 22.5 Å². The first kappa shape index (κ1) is 12.1. The van der Waals surface area contributed by atoms with Gasteiger partial charge < -0.3 is 4.74 Å². The molecule has 0 aliphatic heterocycles. The average molecular weight is 267 g/mol. The summed E-state index contributed by atoms with van der Waals surface area (Å²) < 4.78 is 5.17. The minimum atomic E-state index is 0.875. The first-order chi connectivity index (χ1) is 9.36. The summed E-state index contributed by atoms with van der Waals surface area (Å²) in [5.74, 6) is 0.875. The lowest BCUT2D eigenvalue weighted by molar-refractivity contribution is 0.414. The Morgan fingerprint density at radius 3 is 2.53 bits per heavy atom. The third-order valence-corrected chi connectivity index (χ3v) is 3.97. The average Bonchev–Trinajstić information content (AvgIpc) is 2.48. The number of methoxy groups -OCH3 is 1. The Morgan fingerprint density at radius 1 is 0.947 bits per heavy atom. The maximum absolute atomic E-state index is 5.17. The van der Waals surface area contributed by atoms with Crippen LogP contribution in [-0.2, 0) is 0 Å². The summed E-state index contributed by atoms with van der Waals surface area (Å²) in [6, 6.07) is 16.4. The second-order valence-corrected chi connectivity index (χ2v) is 5.25. The van der Waals surface area contributed by atoms with E-state index in [1.807, 2.05) is 30.6 Å². The van der Waals surface area contributed by atoms with E-state index < -0.39 is 0 Å². The van der Waals surface area contributed by atoms with Crippen LogP contribution in [0.2, 0.25) is 0 Å². The Morgan fingerprint density at radius 2 is 1.74 bits per heavy atom.